The average molecular weight is 444 g/mol. The maximum Gasteiger partial charge on any atom is 0.350 e. The molecule has 10 heteroatoms. The van der Waals surface area contributed by atoms with E-state index in [1.807, 2.05) is 6.07 Å². The van der Waals surface area contributed by atoms with Crippen LogP contribution < -0.4 is 15.7 Å². The number of nitrogens with zero attached hydrogens (tertiary/aromatic N) is 3. The van der Waals surface area contributed by atoms with E-state index < -0.39 is 10.0 Å². The van der Waals surface area contributed by atoms with Crippen LogP contribution in [0.15, 0.2) is 58.4 Å². The summed E-state index contributed by atoms with van der Waals surface area (Å²) in [5.74, 6) is -0.361. The summed E-state index contributed by atoms with van der Waals surface area (Å²) >= 11 is 0. The summed E-state index contributed by atoms with van der Waals surface area (Å²) in [4.78, 5) is 24.8. The fourth-order valence-corrected chi connectivity index (χ4v) is 5.13. The summed E-state index contributed by atoms with van der Waals surface area (Å²) in [6.07, 6.45) is 5.90. The number of sulfonamides is 1. The van der Waals surface area contributed by atoms with Crippen molar-refractivity contribution in [2.75, 3.05) is 6.54 Å². The molecule has 0 unspecified atom stereocenters. The van der Waals surface area contributed by atoms with E-state index in [1.54, 1.807) is 30.5 Å². The van der Waals surface area contributed by atoms with Gasteiger partial charge in [0.1, 0.15) is 0 Å². The van der Waals surface area contributed by atoms with Crippen molar-refractivity contribution in [2.24, 2.45) is 0 Å². The summed E-state index contributed by atoms with van der Waals surface area (Å²) in [6.45, 7) is 0.691. The van der Waals surface area contributed by atoms with Crippen molar-refractivity contribution in [3.63, 3.8) is 0 Å². The zero-order chi connectivity index (χ0) is 21.8. The Labute approximate surface area is 180 Å². The summed E-state index contributed by atoms with van der Waals surface area (Å²) < 4.78 is 30.8. The number of hydrogen-bond donors (Lipinski definition) is 2. The molecule has 4 rings (SSSR count). The summed E-state index contributed by atoms with van der Waals surface area (Å²) in [5, 5.41) is 7.02. The quantitative estimate of drug-likeness (QED) is 0.513. The molecule has 0 saturated heterocycles. The number of fused-ring (bicyclic) bond motifs is 1. The SMILES string of the molecule is O=C(NCCCn1nc2ccccn2c1=O)c1cccc(S(=O)(=O)NC2CCCC2)c1. The van der Waals surface area contributed by atoms with Crippen LogP contribution in [0.5, 0.6) is 0 Å². The molecule has 0 bridgehead atoms. The molecule has 2 N–H and O–H groups in total. The van der Waals surface area contributed by atoms with Gasteiger partial charge in [0, 0.05) is 30.9 Å². The number of aryl methyl sites for hydroxylation is 1. The van der Waals surface area contributed by atoms with E-state index >= 15 is 0 Å². The molecular formula is C21H25N5O4S. The van der Waals surface area contributed by atoms with Crippen molar-refractivity contribution in [3.05, 3.63) is 64.7 Å². The fraction of sp³-hybridized carbons (Fsp3) is 0.381. The van der Waals surface area contributed by atoms with E-state index in [2.05, 4.69) is 15.1 Å². The van der Waals surface area contributed by atoms with Gasteiger partial charge in [-0.1, -0.05) is 25.0 Å². The largest absolute Gasteiger partial charge is 0.352 e. The Hall–Kier alpha value is -2.98. The number of carbonyl (C=O) groups is 1. The fourth-order valence-electron chi connectivity index (χ4n) is 3.78. The Kier molecular flexibility index (Phi) is 6.19. The molecule has 0 spiro atoms. The zero-order valence-corrected chi connectivity index (χ0v) is 17.8. The van der Waals surface area contributed by atoms with Gasteiger partial charge in [0.15, 0.2) is 5.65 Å². The predicted octanol–water partition coefficient (Wildman–Crippen LogP) is 1.54. The number of pyridine rings is 1. The third-order valence-corrected chi connectivity index (χ3v) is 6.92. The Balaban J connectivity index is 1.34. The highest BCUT2D eigenvalue weighted by atomic mass is 32.2. The van der Waals surface area contributed by atoms with Gasteiger partial charge in [-0.25, -0.2) is 22.6 Å². The van der Waals surface area contributed by atoms with Crippen LogP contribution in [0.2, 0.25) is 0 Å². The molecule has 9 nitrogen and oxygen atoms in total. The Morgan fingerprint density at radius 1 is 1.13 bits per heavy atom. The minimum absolute atomic E-state index is 0.0366. The van der Waals surface area contributed by atoms with Crippen molar-refractivity contribution in [3.8, 4) is 0 Å². The van der Waals surface area contributed by atoms with Gasteiger partial charge >= 0.3 is 5.69 Å². The van der Waals surface area contributed by atoms with Crippen molar-refractivity contribution in [1.82, 2.24) is 24.2 Å². The first-order valence-electron chi connectivity index (χ1n) is 10.4. The highest BCUT2D eigenvalue weighted by Gasteiger charge is 2.23. The van der Waals surface area contributed by atoms with Crippen molar-refractivity contribution in [1.29, 1.82) is 0 Å². The van der Waals surface area contributed by atoms with Crippen molar-refractivity contribution < 1.29 is 13.2 Å². The molecule has 2 aromatic heterocycles. The number of hydrogen-bond acceptors (Lipinski definition) is 5. The number of benzene rings is 1. The molecule has 0 aliphatic heterocycles. The van der Waals surface area contributed by atoms with Crippen LogP contribution in [-0.4, -0.2) is 41.1 Å². The van der Waals surface area contributed by atoms with Gasteiger partial charge in [-0.3, -0.25) is 9.20 Å². The van der Waals surface area contributed by atoms with E-state index in [9.17, 15) is 18.0 Å². The molecule has 2 heterocycles. The van der Waals surface area contributed by atoms with Gasteiger partial charge in [0.05, 0.1) is 4.90 Å². The number of carbonyl (C=O) groups excluding carboxylic acids is 1. The monoisotopic (exact) mass is 443 g/mol. The third-order valence-electron chi connectivity index (χ3n) is 5.40. The maximum atomic E-state index is 12.6. The molecule has 3 aromatic rings. The Morgan fingerprint density at radius 3 is 2.71 bits per heavy atom. The van der Waals surface area contributed by atoms with Crippen LogP contribution >= 0.6 is 0 Å². The highest BCUT2D eigenvalue weighted by Crippen LogP contribution is 2.20. The van der Waals surface area contributed by atoms with Crippen molar-refractivity contribution in [2.45, 2.75) is 49.6 Å². The van der Waals surface area contributed by atoms with Crippen LogP contribution in [0.3, 0.4) is 0 Å². The lowest BCUT2D eigenvalue weighted by Gasteiger charge is -2.13. The number of amides is 1. The first kappa shape index (κ1) is 21.3. The average Bonchev–Trinajstić information content (AvgIpc) is 3.39. The second-order valence-electron chi connectivity index (χ2n) is 7.67. The molecule has 164 valence electrons. The molecule has 31 heavy (non-hydrogen) atoms. The standard InChI is InChI=1S/C21H25N5O4S/c27-20(22-12-6-14-26-21(28)25-13-4-3-11-19(25)23-26)16-7-5-10-18(15-16)31(29,30)24-17-8-1-2-9-17/h3-5,7,10-11,13,15,17,24H,1-2,6,8-9,12,14H2,(H,22,27). The summed E-state index contributed by atoms with van der Waals surface area (Å²) in [7, 11) is -3.66. The maximum absolute atomic E-state index is 12.6. The lowest BCUT2D eigenvalue weighted by atomic mass is 10.2. The lowest BCUT2D eigenvalue weighted by molar-refractivity contribution is 0.0952. The Morgan fingerprint density at radius 2 is 1.94 bits per heavy atom. The lowest BCUT2D eigenvalue weighted by Crippen LogP contribution is -2.33. The van der Waals surface area contributed by atoms with Gasteiger partial charge in [0.2, 0.25) is 10.0 Å². The molecule has 1 saturated carbocycles. The van der Waals surface area contributed by atoms with Gasteiger partial charge in [-0.15, -0.1) is 5.10 Å². The molecule has 1 amide bonds. The molecule has 1 aliphatic rings. The second-order valence-corrected chi connectivity index (χ2v) is 9.39. The van der Waals surface area contributed by atoms with E-state index in [4.69, 9.17) is 0 Å². The van der Waals surface area contributed by atoms with E-state index in [-0.39, 0.29) is 28.1 Å². The predicted molar refractivity (Wildman–Crippen MR) is 115 cm³/mol. The van der Waals surface area contributed by atoms with E-state index in [0.717, 1.165) is 25.7 Å². The summed E-state index contributed by atoms with van der Waals surface area (Å²) in [6, 6.07) is 11.3. The van der Waals surface area contributed by atoms with Crippen LogP contribution in [0.1, 0.15) is 42.5 Å². The van der Waals surface area contributed by atoms with E-state index in [1.165, 1.54) is 21.2 Å². The molecular weight excluding hydrogens is 418 g/mol. The molecule has 0 atom stereocenters. The van der Waals surface area contributed by atoms with Gasteiger partial charge in [0.25, 0.3) is 5.91 Å². The first-order valence-corrected chi connectivity index (χ1v) is 11.9. The van der Waals surface area contributed by atoms with Crippen LogP contribution in [-0.2, 0) is 16.6 Å². The molecule has 1 aliphatic carbocycles. The minimum Gasteiger partial charge on any atom is -0.352 e. The molecule has 0 radical (unpaired) electrons. The minimum atomic E-state index is -3.66. The van der Waals surface area contributed by atoms with Crippen LogP contribution in [0.4, 0.5) is 0 Å². The second kappa shape index (κ2) is 9.03. The third kappa shape index (κ3) is 4.86. The first-order chi connectivity index (χ1) is 14.9. The smallest absolute Gasteiger partial charge is 0.350 e. The molecule has 1 aromatic carbocycles. The van der Waals surface area contributed by atoms with E-state index in [0.29, 0.717) is 25.2 Å². The zero-order valence-electron chi connectivity index (χ0n) is 17.0. The summed E-state index contributed by atoms with van der Waals surface area (Å²) in [5.41, 5.74) is 0.620. The van der Waals surface area contributed by atoms with Gasteiger partial charge < -0.3 is 5.32 Å². The Bertz CT molecular complexity index is 1240. The number of nitrogens with one attached hydrogen (secondary N) is 2. The topological polar surface area (TPSA) is 115 Å². The van der Waals surface area contributed by atoms with Crippen molar-refractivity contribution >= 4 is 21.6 Å². The number of rotatable bonds is 8. The highest BCUT2D eigenvalue weighted by molar-refractivity contribution is 7.89. The van der Waals surface area contributed by atoms with Gasteiger partial charge in [-0.2, -0.15) is 0 Å². The van der Waals surface area contributed by atoms with Crippen LogP contribution in [0.25, 0.3) is 5.65 Å². The van der Waals surface area contributed by atoms with Crippen LogP contribution in [0, 0.1) is 0 Å². The normalized spacial score (nSPS) is 14.8. The van der Waals surface area contributed by atoms with Gasteiger partial charge in [-0.05, 0) is 49.6 Å². The number of aromatic nitrogens is 3. The molecule has 1 fully saturated rings.